The molecule has 0 spiro atoms. The lowest BCUT2D eigenvalue weighted by atomic mass is 10.2. The quantitative estimate of drug-likeness (QED) is 0.742. The summed E-state index contributed by atoms with van der Waals surface area (Å²) < 4.78 is 19.6. The van der Waals surface area contributed by atoms with E-state index < -0.39 is 0 Å². The minimum atomic E-state index is -0.164. The molecule has 1 aromatic carbocycles. The summed E-state index contributed by atoms with van der Waals surface area (Å²) in [4.78, 5) is 0. The Morgan fingerprint density at radius 2 is 2.18 bits per heavy atom. The van der Waals surface area contributed by atoms with Crippen LogP contribution in [0.2, 0.25) is 0 Å². The molecular weight excluding hydrogens is 285 g/mol. The molecule has 17 heavy (non-hydrogen) atoms. The van der Waals surface area contributed by atoms with Gasteiger partial charge in [-0.05, 0) is 37.6 Å². The number of hydrogen-bond donors (Lipinski definition) is 1. The smallest absolute Gasteiger partial charge is 0.127 e. The third-order valence-electron chi connectivity index (χ3n) is 2.31. The van der Waals surface area contributed by atoms with E-state index in [0.29, 0.717) is 12.1 Å². The summed E-state index contributed by atoms with van der Waals surface area (Å²) in [6, 6.07) is 4.98. The summed E-state index contributed by atoms with van der Waals surface area (Å²) >= 11 is 3.33. The molecule has 0 radical (unpaired) electrons. The first-order chi connectivity index (χ1) is 8.24. The van der Waals surface area contributed by atoms with E-state index >= 15 is 0 Å². The fourth-order valence-corrected chi connectivity index (χ4v) is 1.86. The molecule has 0 fully saturated rings. The monoisotopic (exact) mass is 303 g/mol. The molecule has 0 heterocycles. The molecule has 0 aromatic heterocycles. The maximum absolute atomic E-state index is 13.4. The molecule has 0 saturated carbocycles. The first-order valence-corrected chi connectivity index (χ1v) is 6.75. The minimum absolute atomic E-state index is 0.164. The molecule has 0 aliphatic carbocycles. The molecule has 0 saturated heterocycles. The molecule has 0 aliphatic heterocycles. The standard InChI is InChI=1S/C13H19BrFNO/c1-2-7-17-8-3-6-16-10-11-9-12(14)4-5-13(11)15/h4-5,9,16H,2-3,6-8,10H2,1H3. The lowest BCUT2D eigenvalue weighted by molar-refractivity contribution is 0.132. The largest absolute Gasteiger partial charge is 0.381 e. The molecule has 0 aliphatic rings. The Hall–Kier alpha value is -0.450. The fourth-order valence-electron chi connectivity index (χ4n) is 1.45. The number of halogens is 2. The van der Waals surface area contributed by atoms with Gasteiger partial charge in [0.1, 0.15) is 5.82 Å². The maximum Gasteiger partial charge on any atom is 0.127 e. The average molecular weight is 304 g/mol. The molecule has 0 amide bonds. The van der Waals surface area contributed by atoms with Gasteiger partial charge < -0.3 is 10.1 Å². The van der Waals surface area contributed by atoms with Crippen molar-refractivity contribution in [3.8, 4) is 0 Å². The second-order valence-electron chi connectivity index (χ2n) is 3.88. The van der Waals surface area contributed by atoms with Gasteiger partial charge in [0.25, 0.3) is 0 Å². The van der Waals surface area contributed by atoms with Gasteiger partial charge in [0.05, 0.1) is 0 Å². The van der Waals surface area contributed by atoms with E-state index in [0.717, 1.165) is 37.1 Å². The zero-order chi connectivity index (χ0) is 12.5. The third kappa shape index (κ3) is 6.15. The van der Waals surface area contributed by atoms with Crippen LogP contribution in [0.15, 0.2) is 22.7 Å². The van der Waals surface area contributed by atoms with Crippen LogP contribution in [-0.4, -0.2) is 19.8 Å². The topological polar surface area (TPSA) is 21.3 Å². The van der Waals surface area contributed by atoms with E-state index in [9.17, 15) is 4.39 Å². The molecule has 1 rings (SSSR count). The van der Waals surface area contributed by atoms with Crippen LogP contribution in [0.4, 0.5) is 4.39 Å². The van der Waals surface area contributed by atoms with Crippen molar-refractivity contribution in [1.29, 1.82) is 0 Å². The molecule has 1 N–H and O–H groups in total. The molecule has 0 unspecified atom stereocenters. The molecule has 4 heteroatoms. The van der Waals surface area contributed by atoms with Crippen LogP contribution < -0.4 is 5.32 Å². The van der Waals surface area contributed by atoms with Crippen molar-refractivity contribution >= 4 is 15.9 Å². The van der Waals surface area contributed by atoms with E-state index in [1.165, 1.54) is 6.07 Å². The van der Waals surface area contributed by atoms with Crippen molar-refractivity contribution in [2.75, 3.05) is 19.8 Å². The van der Waals surface area contributed by atoms with E-state index in [1.807, 2.05) is 0 Å². The third-order valence-corrected chi connectivity index (χ3v) is 2.81. The second-order valence-corrected chi connectivity index (χ2v) is 4.79. The second kappa shape index (κ2) is 8.61. The number of ether oxygens (including phenoxy) is 1. The van der Waals surface area contributed by atoms with Gasteiger partial charge >= 0.3 is 0 Å². The van der Waals surface area contributed by atoms with Crippen LogP contribution in [-0.2, 0) is 11.3 Å². The van der Waals surface area contributed by atoms with Gasteiger partial charge in [0.15, 0.2) is 0 Å². The molecule has 0 bridgehead atoms. The Morgan fingerprint density at radius 3 is 2.94 bits per heavy atom. The average Bonchev–Trinajstić information content (AvgIpc) is 2.32. The van der Waals surface area contributed by atoms with Crippen molar-refractivity contribution in [2.24, 2.45) is 0 Å². The van der Waals surface area contributed by atoms with Gasteiger partial charge in [-0.15, -0.1) is 0 Å². The number of rotatable bonds is 8. The van der Waals surface area contributed by atoms with Gasteiger partial charge in [-0.2, -0.15) is 0 Å². The van der Waals surface area contributed by atoms with Crippen molar-refractivity contribution in [3.05, 3.63) is 34.1 Å². The van der Waals surface area contributed by atoms with Crippen LogP contribution in [0.3, 0.4) is 0 Å². The van der Waals surface area contributed by atoms with E-state index in [2.05, 4.69) is 28.2 Å². The van der Waals surface area contributed by atoms with E-state index in [-0.39, 0.29) is 5.82 Å². The highest BCUT2D eigenvalue weighted by Crippen LogP contribution is 2.15. The number of hydrogen-bond acceptors (Lipinski definition) is 2. The zero-order valence-electron chi connectivity index (χ0n) is 10.1. The zero-order valence-corrected chi connectivity index (χ0v) is 11.7. The predicted molar refractivity (Wildman–Crippen MR) is 71.5 cm³/mol. The lowest BCUT2D eigenvalue weighted by Gasteiger charge is -2.07. The molecule has 96 valence electrons. The SMILES string of the molecule is CCCOCCCNCc1cc(Br)ccc1F. The van der Waals surface area contributed by atoms with Crippen molar-refractivity contribution in [1.82, 2.24) is 5.32 Å². The fraction of sp³-hybridized carbons (Fsp3) is 0.538. The molecular formula is C13H19BrFNO. The van der Waals surface area contributed by atoms with E-state index in [4.69, 9.17) is 4.74 Å². The number of nitrogens with one attached hydrogen (secondary N) is 1. The Labute approximate surface area is 111 Å². The normalized spacial score (nSPS) is 10.8. The first kappa shape index (κ1) is 14.6. The first-order valence-electron chi connectivity index (χ1n) is 5.96. The van der Waals surface area contributed by atoms with Crippen molar-refractivity contribution in [3.63, 3.8) is 0 Å². The highest BCUT2D eigenvalue weighted by Gasteiger charge is 2.01. The Kier molecular flexibility index (Phi) is 7.40. The van der Waals surface area contributed by atoms with Crippen molar-refractivity contribution < 1.29 is 9.13 Å². The Morgan fingerprint density at radius 1 is 1.35 bits per heavy atom. The van der Waals surface area contributed by atoms with Crippen LogP contribution in [0.1, 0.15) is 25.3 Å². The minimum Gasteiger partial charge on any atom is -0.381 e. The summed E-state index contributed by atoms with van der Waals surface area (Å²) in [6.07, 6.45) is 2.01. The van der Waals surface area contributed by atoms with Crippen LogP contribution >= 0.6 is 15.9 Å². The van der Waals surface area contributed by atoms with Gasteiger partial charge in [-0.1, -0.05) is 22.9 Å². The number of benzene rings is 1. The maximum atomic E-state index is 13.4. The van der Waals surface area contributed by atoms with Gasteiger partial charge in [0, 0.05) is 29.8 Å². The summed E-state index contributed by atoms with van der Waals surface area (Å²) in [5, 5.41) is 3.21. The Bertz CT molecular complexity index is 333. The van der Waals surface area contributed by atoms with Crippen molar-refractivity contribution in [2.45, 2.75) is 26.3 Å². The van der Waals surface area contributed by atoms with Gasteiger partial charge in [0.2, 0.25) is 0 Å². The predicted octanol–water partition coefficient (Wildman–Crippen LogP) is 3.49. The molecule has 0 atom stereocenters. The van der Waals surface area contributed by atoms with Gasteiger partial charge in [-0.25, -0.2) is 4.39 Å². The van der Waals surface area contributed by atoms with Crippen LogP contribution in [0.25, 0.3) is 0 Å². The van der Waals surface area contributed by atoms with Gasteiger partial charge in [-0.3, -0.25) is 0 Å². The summed E-state index contributed by atoms with van der Waals surface area (Å²) in [7, 11) is 0. The van der Waals surface area contributed by atoms with Crippen LogP contribution in [0.5, 0.6) is 0 Å². The molecule has 1 aromatic rings. The summed E-state index contributed by atoms with van der Waals surface area (Å²) in [5.74, 6) is -0.164. The highest BCUT2D eigenvalue weighted by molar-refractivity contribution is 9.10. The van der Waals surface area contributed by atoms with E-state index in [1.54, 1.807) is 12.1 Å². The lowest BCUT2D eigenvalue weighted by Crippen LogP contribution is -2.17. The highest BCUT2D eigenvalue weighted by atomic mass is 79.9. The summed E-state index contributed by atoms with van der Waals surface area (Å²) in [6.45, 7) is 5.07. The van der Waals surface area contributed by atoms with Crippen LogP contribution in [0, 0.1) is 5.82 Å². The summed E-state index contributed by atoms with van der Waals surface area (Å²) in [5.41, 5.74) is 0.689. The Balaban J connectivity index is 2.15. The molecule has 2 nitrogen and oxygen atoms in total.